The molecule has 2 saturated carbocycles. The molecule has 0 aromatic heterocycles. The van der Waals surface area contributed by atoms with Crippen LogP contribution in [0.3, 0.4) is 0 Å². The van der Waals surface area contributed by atoms with E-state index >= 15 is 0 Å². The largest absolute Gasteiger partial charge is 0.462 e. The van der Waals surface area contributed by atoms with Crippen LogP contribution in [0.25, 0.3) is 0 Å². The Morgan fingerprint density at radius 1 is 0.724 bits per heavy atom. The van der Waals surface area contributed by atoms with Crippen molar-refractivity contribution in [3.05, 3.63) is 34.9 Å². The van der Waals surface area contributed by atoms with E-state index in [0.717, 1.165) is 18.4 Å². The molecule has 0 N–H and O–H groups in total. The van der Waals surface area contributed by atoms with Crippen LogP contribution in [0, 0.1) is 18.8 Å². The minimum atomic E-state index is -0.347. The van der Waals surface area contributed by atoms with Gasteiger partial charge in [-0.3, -0.25) is 0 Å². The Hall–Kier alpha value is -1.84. The van der Waals surface area contributed by atoms with Crippen LogP contribution in [0.15, 0.2) is 18.2 Å². The van der Waals surface area contributed by atoms with E-state index in [1.165, 1.54) is 64.2 Å². The number of hydrogen-bond acceptors (Lipinski definition) is 4. The lowest BCUT2D eigenvalue weighted by molar-refractivity contribution is 0.0473. The zero-order chi connectivity index (χ0) is 20.5. The van der Waals surface area contributed by atoms with Crippen LogP contribution < -0.4 is 0 Å². The first-order valence-electron chi connectivity index (χ1n) is 11.6. The molecule has 2 fully saturated rings. The molecule has 0 unspecified atom stereocenters. The minimum Gasteiger partial charge on any atom is -0.462 e. The molecule has 1 aromatic rings. The van der Waals surface area contributed by atoms with Crippen LogP contribution in [-0.4, -0.2) is 25.2 Å². The highest BCUT2D eigenvalue weighted by Gasteiger charge is 2.18. The highest BCUT2D eigenvalue weighted by atomic mass is 16.5. The maximum Gasteiger partial charge on any atom is 0.338 e. The molecule has 160 valence electrons. The van der Waals surface area contributed by atoms with Gasteiger partial charge in [-0.2, -0.15) is 0 Å². The SMILES string of the molecule is Cc1cc(C(=O)OCCC2CCCCC2)cc(C(=O)OCCC2CCCCC2)c1. The molecule has 4 nitrogen and oxygen atoms in total. The van der Waals surface area contributed by atoms with E-state index in [4.69, 9.17) is 9.47 Å². The lowest BCUT2D eigenvalue weighted by Gasteiger charge is -2.21. The number of benzene rings is 1. The number of rotatable bonds is 8. The molecule has 0 aliphatic heterocycles. The Labute approximate surface area is 175 Å². The van der Waals surface area contributed by atoms with Gasteiger partial charge < -0.3 is 9.47 Å². The number of ether oxygens (including phenoxy) is 2. The summed E-state index contributed by atoms with van der Waals surface area (Å²) in [5.74, 6) is 0.675. The van der Waals surface area contributed by atoms with Gasteiger partial charge in [-0.15, -0.1) is 0 Å². The maximum atomic E-state index is 12.5. The highest BCUT2D eigenvalue weighted by molar-refractivity contribution is 5.95. The van der Waals surface area contributed by atoms with Gasteiger partial charge in [0.25, 0.3) is 0 Å². The molecule has 0 atom stereocenters. The zero-order valence-corrected chi connectivity index (χ0v) is 17.9. The van der Waals surface area contributed by atoms with E-state index in [0.29, 0.717) is 36.2 Å². The van der Waals surface area contributed by atoms with Gasteiger partial charge in [0.05, 0.1) is 24.3 Å². The van der Waals surface area contributed by atoms with Crippen molar-refractivity contribution in [1.29, 1.82) is 0 Å². The highest BCUT2D eigenvalue weighted by Crippen LogP contribution is 2.27. The monoisotopic (exact) mass is 400 g/mol. The number of carbonyl (C=O) groups is 2. The fourth-order valence-corrected chi connectivity index (χ4v) is 4.77. The summed E-state index contributed by atoms with van der Waals surface area (Å²) in [7, 11) is 0. The number of esters is 2. The summed E-state index contributed by atoms with van der Waals surface area (Å²) in [6, 6.07) is 5.17. The Bertz CT molecular complexity index is 615. The summed E-state index contributed by atoms with van der Waals surface area (Å²) in [5, 5.41) is 0. The molecule has 1 aromatic carbocycles. The lowest BCUT2D eigenvalue weighted by atomic mass is 9.87. The van der Waals surface area contributed by atoms with Crippen LogP contribution in [0.5, 0.6) is 0 Å². The van der Waals surface area contributed by atoms with E-state index in [1.807, 2.05) is 6.92 Å². The van der Waals surface area contributed by atoms with E-state index < -0.39 is 0 Å². The van der Waals surface area contributed by atoms with Crippen LogP contribution in [0.4, 0.5) is 0 Å². The Kier molecular flexibility index (Phi) is 8.57. The van der Waals surface area contributed by atoms with Gasteiger partial charge in [0.15, 0.2) is 0 Å². The number of carbonyl (C=O) groups excluding carboxylic acids is 2. The molecule has 29 heavy (non-hydrogen) atoms. The summed E-state index contributed by atoms with van der Waals surface area (Å²) >= 11 is 0. The third-order valence-corrected chi connectivity index (χ3v) is 6.52. The van der Waals surface area contributed by atoms with Crippen molar-refractivity contribution in [2.24, 2.45) is 11.8 Å². The average Bonchev–Trinajstić information content (AvgIpc) is 2.74. The van der Waals surface area contributed by atoms with Crippen molar-refractivity contribution in [2.45, 2.75) is 84.0 Å². The quantitative estimate of drug-likeness (QED) is 0.484. The second-order valence-electron chi connectivity index (χ2n) is 8.94. The first kappa shape index (κ1) is 21.9. The Balaban J connectivity index is 1.47. The Morgan fingerprint density at radius 3 is 1.55 bits per heavy atom. The van der Waals surface area contributed by atoms with Gasteiger partial charge in [0.2, 0.25) is 0 Å². The van der Waals surface area contributed by atoms with E-state index in [9.17, 15) is 9.59 Å². The van der Waals surface area contributed by atoms with Gasteiger partial charge in [-0.1, -0.05) is 64.2 Å². The lowest BCUT2D eigenvalue weighted by Crippen LogP contribution is -2.15. The van der Waals surface area contributed by atoms with Gasteiger partial charge in [-0.05, 0) is 55.4 Å². The molecule has 0 spiro atoms. The van der Waals surface area contributed by atoms with Crippen molar-refractivity contribution in [1.82, 2.24) is 0 Å². The summed E-state index contributed by atoms with van der Waals surface area (Å²) in [5.41, 5.74) is 1.74. The molecular weight excluding hydrogens is 364 g/mol. The molecule has 0 bridgehead atoms. The molecule has 0 amide bonds. The molecule has 0 radical (unpaired) electrons. The predicted molar refractivity (Wildman–Crippen MR) is 114 cm³/mol. The first-order chi connectivity index (χ1) is 14.1. The third-order valence-electron chi connectivity index (χ3n) is 6.52. The molecule has 4 heteroatoms. The molecule has 2 aliphatic carbocycles. The molecule has 3 rings (SSSR count). The van der Waals surface area contributed by atoms with Crippen molar-refractivity contribution >= 4 is 11.9 Å². The normalized spacial score (nSPS) is 18.4. The standard InChI is InChI=1S/C25H36O4/c1-19-16-22(24(26)28-14-12-20-8-4-2-5-9-20)18-23(17-19)25(27)29-15-13-21-10-6-3-7-11-21/h16-18,20-21H,2-15H2,1H3. The van der Waals surface area contributed by atoms with Crippen LogP contribution in [0.1, 0.15) is 103 Å². The van der Waals surface area contributed by atoms with Crippen molar-refractivity contribution in [3.8, 4) is 0 Å². The molecular formula is C25H36O4. The summed E-state index contributed by atoms with van der Waals surface area (Å²) < 4.78 is 11.0. The molecule has 0 saturated heterocycles. The zero-order valence-electron chi connectivity index (χ0n) is 17.9. The Morgan fingerprint density at radius 2 is 1.14 bits per heavy atom. The number of hydrogen-bond donors (Lipinski definition) is 0. The van der Waals surface area contributed by atoms with E-state index in [2.05, 4.69) is 0 Å². The average molecular weight is 401 g/mol. The van der Waals surface area contributed by atoms with Gasteiger partial charge in [0.1, 0.15) is 0 Å². The summed E-state index contributed by atoms with van der Waals surface area (Å²) in [4.78, 5) is 24.9. The smallest absolute Gasteiger partial charge is 0.338 e. The topological polar surface area (TPSA) is 52.6 Å². The third kappa shape index (κ3) is 7.17. The van der Waals surface area contributed by atoms with Crippen LogP contribution in [-0.2, 0) is 9.47 Å². The van der Waals surface area contributed by atoms with Crippen molar-refractivity contribution in [3.63, 3.8) is 0 Å². The van der Waals surface area contributed by atoms with Gasteiger partial charge >= 0.3 is 11.9 Å². The molecule has 0 heterocycles. The predicted octanol–water partition coefficient (Wildman–Crippen LogP) is 6.25. The van der Waals surface area contributed by atoms with Crippen LogP contribution >= 0.6 is 0 Å². The minimum absolute atomic E-state index is 0.347. The van der Waals surface area contributed by atoms with Crippen LogP contribution in [0.2, 0.25) is 0 Å². The van der Waals surface area contributed by atoms with E-state index in [1.54, 1.807) is 18.2 Å². The second-order valence-corrected chi connectivity index (χ2v) is 8.94. The summed E-state index contributed by atoms with van der Waals surface area (Å²) in [6.07, 6.45) is 14.7. The first-order valence-corrected chi connectivity index (χ1v) is 11.6. The van der Waals surface area contributed by atoms with Gasteiger partial charge in [-0.25, -0.2) is 9.59 Å². The van der Waals surface area contributed by atoms with Crippen molar-refractivity contribution in [2.75, 3.05) is 13.2 Å². The fraction of sp³-hybridized carbons (Fsp3) is 0.680. The fourth-order valence-electron chi connectivity index (χ4n) is 4.77. The second kappa shape index (κ2) is 11.4. The van der Waals surface area contributed by atoms with Gasteiger partial charge in [0, 0.05) is 0 Å². The summed E-state index contributed by atoms with van der Waals surface area (Å²) in [6.45, 7) is 2.80. The maximum absolute atomic E-state index is 12.5. The number of aryl methyl sites for hydroxylation is 1. The van der Waals surface area contributed by atoms with E-state index in [-0.39, 0.29) is 11.9 Å². The van der Waals surface area contributed by atoms with Crippen molar-refractivity contribution < 1.29 is 19.1 Å². The molecule has 2 aliphatic rings.